The second-order valence-corrected chi connectivity index (χ2v) is 1.58. The van der Waals surface area contributed by atoms with Crippen molar-refractivity contribution in [3.05, 3.63) is 0 Å². The van der Waals surface area contributed by atoms with Crippen LogP contribution in [0.2, 0.25) is 0 Å². The predicted octanol–water partition coefficient (Wildman–Crippen LogP) is -2.55. The maximum absolute atomic E-state index is 7.61. The molecule has 0 aromatic rings. The number of aliphatic hydroxyl groups excluding tert-OH is 3. The molecule has 8 heteroatoms. The van der Waals surface area contributed by atoms with E-state index in [1.165, 1.54) is 13.8 Å². The minimum Gasteiger partial charge on any atom is -0.870 e. The molecule has 0 aromatic heterocycles. The molecule has 0 saturated heterocycles. The molecule has 0 spiro atoms. The highest BCUT2D eigenvalue weighted by atomic mass is 16.5. The van der Waals surface area contributed by atoms with Gasteiger partial charge in [-0.15, -0.1) is 0 Å². The van der Waals surface area contributed by atoms with Gasteiger partial charge in [-0.3, -0.25) is 0 Å². The summed E-state index contributed by atoms with van der Waals surface area (Å²) >= 11 is 0. The summed E-state index contributed by atoms with van der Waals surface area (Å²) in [5, 5.41) is 38.0. The third-order valence-electron chi connectivity index (χ3n) is 0. The topological polar surface area (TPSA) is 193 Å². The van der Waals surface area contributed by atoms with Gasteiger partial charge in [0, 0.05) is 6.61 Å². The number of rotatable bonds is 0. The lowest BCUT2D eigenvalue weighted by Crippen LogP contribution is -1.92. The molecule has 8 nitrogen and oxygen atoms in total. The molecule has 0 amide bonds. The summed E-state index contributed by atoms with van der Waals surface area (Å²) in [5.41, 5.74) is 0. The molecular weight excluding hydrogens is 200 g/mol. The van der Waals surface area contributed by atoms with E-state index in [1.54, 1.807) is 6.92 Å². The Kier molecular flexibility index (Phi) is 103. The molecule has 0 aromatic carbocycles. The van der Waals surface area contributed by atoms with E-state index >= 15 is 0 Å². The quantitative estimate of drug-likeness (QED) is 0.278. The molecule has 0 aliphatic heterocycles. The fourth-order valence-corrected chi connectivity index (χ4v) is 0. The summed E-state index contributed by atoms with van der Waals surface area (Å²) in [7, 11) is 0. The minimum atomic E-state index is -1.17. The Hall–Kier alpha value is -0.320. The summed E-state index contributed by atoms with van der Waals surface area (Å²) in [6.07, 6.45) is -2.33. The van der Waals surface area contributed by atoms with E-state index in [1.807, 2.05) is 0 Å². The first-order valence-electron chi connectivity index (χ1n) is 3.21. The average molecular weight is 222 g/mol. The molecular formula is C6H22O8-2. The molecule has 0 fully saturated rings. The Morgan fingerprint density at radius 1 is 0.857 bits per heavy atom. The standard InChI is InChI=1S/2C2H6O2.C2H6O.3H2O/c2*1-2(3)4;1-2-3;;;/h2*2-4H,1H3;3H,2H2,1H3;3*1H2/p-2. The maximum Gasteiger partial charge on any atom is 0.148 e. The molecule has 0 rings (SSSR count). The maximum atomic E-state index is 7.61. The lowest BCUT2D eigenvalue weighted by molar-refractivity contribution is -0.0235. The molecule has 96 valence electrons. The van der Waals surface area contributed by atoms with Gasteiger partial charge in [0.05, 0.1) is 0 Å². The molecule has 0 aliphatic carbocycles. The van der Waals surface area contributed by atoms with Crippen molar-refractivity contribution < 1.29 is 42.0 Å². The second kappa shape index (κ2) is 38.8. The second-order valence-electron chi connectivity index (χ2n) is 1.58. The molecule has 9 N–H and O–H groups in total. The van der Waals surface area contributed by atoms with Crippen molar-refractivity contribution in [3.8, 4) is 0 Å². The van der Waals surface area contributed by atoms with Crippen molar-refractivity contribution in [2.24, 2.45) is 0 Å². The number of hydrogen-bond donors (Lipinski definition) is 5. The normalized spacial score (nSPS) is 6.43. The van der Waals surface area contributed by atoms with Gasteiger partial charge >= 0.3 is 0 Å². The van der Waals surface area contributed by atoms with E-state index in [9.17, 15) is 0 Å². The van der Waals surface area contributed by atoms with E-state index in [-0.39, 0.29) is 23.0 Å². The van der Waals surface area contributed by atoms with E-state index in [0.29, 0.717) is 0 Å². The molecule has 0 aliphatic rings. The average Bonchev–Trinajstić information content (AvgIpc) is 1.60. The van der Waals surface area contributed by atoms with Gasteiger partial charge < -0.3 is 42.0 Å². The highest BCUT2D eigenvalue weighted by Gasteiger charge is 1.70. The van der Waals surface area contributed by atoms with Crippen molar-refractivity contribution in [2.75, 3.05) is 6.61 Å². The van der Waals surface area contributed by atoms with Gasteiger partial charge in [-0.2, -0.15) is 0 Å². The van der Waals surface area contributed by atoms with Gasteiger partial charge in [-0.05, 0) is 20.8 Å². The van der Waals surface area contributed by atoms with Crippen LogP contribution >= 0.6 is 0 Å². The van der Waals surface area contributed by atoms with Crippen molar-refractivity contribution in [1.82, 2.24) is 0 Å². The molecule has 14 heavy (non-hydrogen) atoms. The van der Waals surface area contributed by atoms with Gasteiger partial charge in [0.15, 0.2) is 0 Å². The largest absolute Gasteiger partial charge is 0.870 e. The zero-order valence-electron chi connectivity index (χ0n) is 8.49. The van der Waals surface area contributed by atoms with Crippen molar-refractivity contribution in [1.29, 1.82) is 0 Å². The van der Waals surface area contributed by atoms with Gasteiger partial charge in [0.1, 0.15) is 12.6 Å². The van der Waals surface area contributed by atoms with Crippen LogP contribution in [0.15, 0.2) is 0 Å². The third-order valence-corrected chi connectivity index (χ3v) is 0. The predicted molar refractivity (Wildman–Crippen MR) is 48.0 cm³/mol. The Morgan fingerprint density at radius 2 is 0.857 bits per heavy atom. The van der Waals surface area contributed by atoms with E-state index in [4.69, 9.17) is 25.5 Å². The first-order valence-corrected chi connectivity index (χ1v) is 3.21. The zero-order chi connectivity index (χ0) is 9.86. The van der Waals surface area contributed by atoms with Crippen LogP contribution in [0.25, 0.3) is 0 Å². The van der Waals surface area contributed by atoms with Crippen molar-refractivity contribution in [2.45, 2.75) is 33.4 Å². The Labute approximate surface area is 83.0 Å². The number of aliphatic hydroxyl groups is 5. The van der Waals surface area contributed by atoms with E-state index in [2.05, 4.69) is 0 Å². The molecule has 0 unspecified atom stereocenters. The van der Waals surface area contributed by atoms with Crippen LogP contribution in [0, 0.1) is 0 Å². The van der Waals surface area contributed by atoms with Crippen LogP contribution in [0.5, 0.6) is 0 Å². The van der Waals surface area contributed by atoms with Crippen LogP contribution in [0.3, 0.4) is 0 Å². The van der Waals surface area contributed by atoms with Gasteiger partial charge in [0.25, 0.3) is 0 Å². The van der Waals surface area contributed by atoms with Gasteiger partial charge in [-0.25, -0.2) is 0 Å². The molecule has 0 atom stereocenters. The third kappa shape index (κ3) is 13000. The number of hydrogen-bond acceptors (Lipinski definition) is 7. The first kappa shape index (κ1) is 37.3. The summed E-state index contributed by atoms with van der Waals surface area (Å²) < 4.78 is 0. The fourth-order valence-electron chi connectivity index (χ4n) is 0. The van der Waals surface area contributed by atoms with Crippen molar-refractivity contribution in [3.63, 3.8) is 0 Å². The Morgan fingerprint density at radius 3 is 0.857 bits per heavy atom. The SMILES string of the molecule is CC(O)O.CC(O)O.CCO.O.[OH-].[OH-]. The van der Waals surface area contributed by atoms with Crippen LogP contribution in [0.1, 0.15) is 20.8 Å². The summed E-state index contributed by atoms with van der Waals surface area (Å²) in [6, 6.07) is 0. The van der Waals surface area contributed by atoms with Crippen molar-refractivity contribution >= 4 is 0 Å². The van der Waals surface area contributed by atoms with Crippen LogP contribution in [0.4, 0.5) is 0 Å². The lowest BCUT2D eigenvalue weighted by atomic mass is 10.8. The molecule has 0 bridgehead atoms. The van der Waals surface area contributed by atoms with Gasteiger partial charge in [0.2, 0.25) is 0 Å². The van der Waals surface area contributed by atoms with Crippen LogP contribution < -0.4 is 0 Å². The highest BCUT2D eigenvalue weighted by molar-refractivity contribution is 4.02. The minimum absolute atomic E-state index is 0. The Balaban J connectivity index is -0.0000000156. The molecule has 0 radical (unpaired) electrons. The fraction of sp³-hybridized carbons (Fsp3) is 1.00. The monoisotopic (exact) mass is 222 g/mol. The molecule has 0 heterocycles. The van der Waals surface area contributed by atoms with Crippen LogP contribution in [-0.4, -0.2) is 61.1 Å². The van der Waals surface area contributed by atoms with E-state index in [0.717, 1.165) is 0 Å². The highest BCUT2D eigenvalue weighted by Crippen LogP contribution is 1.58. The summed E-state index contributed by atoms with van der Waals surface area (Å²) in [6.45, 7) is 4.49. The summed E-state index contributed by atoms with van der Waals surface area (Å²) in [5.74, 6) is 0. The first-order chi connectivity index (χ1) is 4.88. The smallest absolute Gasteiger partial charge is 0.148 e. The lowest BCUT2D eigenvalue weighted by Gasteiger charge is -1.80. The van der Waals surface area contributed by atoms with Gasteiger partial charge in [-0.1, -0.05) is 0 Å². The van der Waals surface area contributed by atoms with E-state index < -0.39 is 12.6 Å². The summed E-state index contributed by atoms with van der Waals surface area (Å²) in [4.78, 5) is 0. The molecule has 0 saturated carbocycles. The zero-order valence-corrected chi connectivity index (χ0v) is 8.49. The Bertz CT molecular complexity index is 37.6. The van der Waals surface area contributed by atoms with Crippen LogP contribution in [-0.2, 0) is 0 Å².